The molecule has 4 nitrogen and oxygen atoms in total. The van der Waals surface area contributed by atoms with Gasteiger partial charge in [0, 0.05) is 6.42 Å². The molecule has 0 saturated heterocycles. The van der Waals surface area contributed by atoms with Gasteiger partial charge in [-0.15, -0.1) is 0 Å². The quantitative estimate of drug-likeness (QED) is 0.0429. The van der Waals surface area contributed by atoms with E-state index in [4.69, 9.17) is 0 Å². The summed E-state index contributed by atoms with van der Waals surface area (Å²) in [6.07, 6.45) is 62.3. The standard InChI is InChI=1S/C50H93NO3/c1-3-5-7-9-11-13-15-17-19-21-23-24-25-26-28-29-31-33-35-37-39-41-43-45-49(53)48(47-52)51-50(54)46-44-42-40-38-36-34-32-30-27-22-20-18-16-14-12-10-8-6-4-2/h18,20,28-29,35,37,43,45,48-49,52-53H,3-17,19,21-27,30-34,36,38-42,44,46-47H2,1-2H3,(H,51,54)/b20-18-,29-28+,37-35+,45-43+. The summed E-state index contributed by atoms with van der Waals surface area (Å²) in [5, 5.41) is 23.0. The van der Waals surface area contributed by atoms with Gasteiger partial charge in [-0.05, 0) is 70.6 Å². The van der Waals surface area contributed by atoms with E-state index < -0.39 is 12.1 Å². The van der Waals surface area contributed by atoms with Crippen LogP contribution in [0.25, 0.3) is 0 Å². The highest BCUT2D eigenvalue weighted by atomic mass is 16.3. The minimum atomic E-state index is -0.871. The number of aliphatic hydroxyl groups is 2. The molecule has 0 aliphatic rings. The number of hydrogen-bond donors (Lipinski definition) is 3. The number of rotatable bonds is 43. The fraction of sp³-hybridized carbons (Fsp3) is 0.820. The second-order valence-electron chi connectivity index (χ2n) is 16.2. The molecule has 2 unspecified atom stereocenters. The molecule has 3 N–H and O–H groups in total. The zero-order valence-electron chi connectivity index (χ0n) is 36.2. The van der Waals surface area contributed by atoms with E-state index in [1.165, 1.54) is 186 Å². The summed E-state index contributed by atoms with van der Waals surface area (Å²) in [7, 11) is 0. The van der Waals surface area contributed by atoms with Crippen LogP contribution in [0.2, 0.25) is 0 Å². The average molecular weight is 756 g/mol. The van der Waals surface area contributed by atoms with E-state index in [1.54, 1.807) is 6.08 Å². The second-order valence-corrected chi connectivity index (χ2v) is 16.2. The molecule has 4 heteroatoms. The maximum absolute atomic E-state index is 12.4. The summed E-state index contributed by atoms with van der Waals surface area (Å²) in [6.45, 7) is 4.30. The molecule has 0 rings (SSSR count). The van der Waals surface area contributed by atoms with Crippen molar-refractivity contribution in [1.82, 2.24) is 5.32 Å². The lowest BCUT2D eigenvalue weighted by atomic mass is 10.0. The van der Waals surface area contributed by atoms with E-state index in [-0.39, 0.29) is 12.5 Å². The first-order chi connectivity index (χ1) is 26.7. The average Bonchev–Trinajstić information content (AvgIpc) is 3.18. The van der Waals surface area contributed by atoms with Gasteiger partial charge in [-0.1, -0.05) is 217 Å². The van der Waals surface area contributed by atoms with Crippen LogP contribution in [0, 0.1) is 0 Å². The molecule has 0 fully saturated rings. The first-order valence-electron chi connectivity index (χ1n) is 23.9. The Balaban J connectivity index is 3.62. The molecule has 0 aromatic heterocycles. The highest BCUT2D eigenvalue weighted by Gasteiger charge is 2.17. The molecule has 0 spiro atoms. The van der Waals surface area contributed by atoms with Crippen molar-refractivity contribution < 1.29 is 15.0 Å². The van der Waals surface area contributed by atoms with Gasteiger partial charge < -0.3 is 15.5 Å². The number of hydrogen-bond acceptors (Lipinski definition) is 3. The van der Waals surface area contributed by atoms with E-state index in [1.807, 2.05) is 6.08 Å². The molecule has 1 amide bonds. The lowest BCUT2D eigenvalue weighted by molar-refractivity contribution is -0.123. The maximum atomic E-state index is 12.4. The summed E-state index contributed by atoms with van der Waals surface area (Å²) in [4.78, 5) is 12.4. The van der Waals surface area contributed by atoms with Crippen molar-refractivity contribution in [3.05, 3.63) is 48.6 Å². The van der Waals surface area contributed by atoms with Crippen LogP contribution in [-0.2, 0) is 4.79 Å². The Morgan fingerprint density at radius 1 is 0.426 bits per heavy atom. The number of unbranched alkanes of at least 4 members (excludes halogenated alkanes) is 30. The van der Waals surface area contributed by atoms with Crippen molar-refractivity contribution in [2.45, 2.75) is 257 Å². The largest absolute Gasteiger partial charge is 0.394 e. The van der Waals surface area contributed by atoms with Gasteiger partial charge in [0.15, 0.2) is 0 Å². The highest BCUT2D eigenvalue weighted by molar-refractivity contribution is 5.76. The molecule has 0 bridgehead atoms. The first kappa shape index (κ1) is 52.3. The molecule has 0 saturated carbocycles. The molecule has 54 heavy (non-hydrogen) atoms. The van der Waals surface area contributed by atoms with Crippen molar-refractivity contribution in [2.75, 3.05) is 6.61 Å². The molecule has 0 aliphatic heterocycles. The molecule has 0 aromatic carbocycles. The third-order valence-electron chi connectivity index (χ3n) is 10.8. The normalized spacial score (nSPS) is 13.3. The fourth-order valence-electron chi connectivity index (χ4n) is 7.09. The Labute approximate surface area is 337 Å². The molecule has 0 aliphatic carbocycles. The minimum absolute atomic E-state index is 0.0798. The van der Waals surface area contributed by atoms with Crippen LogP contribution < -0.4 is 5.32 Å². The Bertz CT molecular complexity index is 862. The fourth-order valence-corrected chi connectivity index (χ4v) is 7.09. The zero-order chi connectivity index (χ0) is 39.3. The van der Waals surface area contributed by atoms with Crippen LogP contribution in [0.4, 0.5) is 0 Å². The van der Waals surface area contributed by atoms with Crippen LogP contribution in [0.3, 0.4) is 0 Å². The summed E-state index contributed by atoms with van der Waals surface area (Å²) in [5.41, 5.74) is 0. The van der Waals surface area contributed by atoms with Crippen molar-refractivity contribution in [2.24, 2.45) is 0 Å². The molecule has 0 aromatic rings. The van der Waals surface area contributed by atoms with Gasteiger partial charge in [-0.3, -0.25) is 4.79 Å². The number of carbonyl (C=O) groups excluding carboxylic acids is 1. The number of allylic oxidation sites excluding steroid dienone is 7. The zero-order valence-corrected chi connectivity index (χ0v) is 36.2. The van der Waals surface area contributed by atoms with Gasteiger partial charge in [0.1, 0.15) is 0 Å². The van der Waals surface area contributed by atoms with Gasteiger partial charge in [-0.25, -0.2) is 0 Å². The first-order valence-corrected chi connectivity index (χ1v) is 23.9. The van der Waals surface area contributed by atoms with Crippen LogP contribution in [-0.4, -0.2) is 34.9 Å². The third-order valence-corrected chi connectivity index (χ3v) is 10.8. The second kappa shape index (κ2) is 45.7. The number of aliphatic hydroxyl groups excluding tert-OH is 2. The van der Waals surface area contributed by atoms with Crippen molar-refractivity contribution in [3.63, 3.8) is 0 Å². The van der Waals surface area contributed by atoms with Crippen molar-refractivity contribution >= 4 is 5.91 Å². The molecule has 2 atom stereocenters. The van der Waals surface area contributed by atoms with Gasteiger partial charge >= 0.3 is 0 Å². The monoisotopic (exact) mass is 756 g/mol. The van der Waals surface area contributed by atoms with Crippen LogP contribution >= 0.6 is 0 Å². The molecular formula is C50H93NO3. The predicted molar refractivity (Wildman–Crippen MR) is 239 cm³/mol. The molecule has 0 heterocycles. The Kier molecular flexibility index (Phi) is 44.3. The Hall–Kier alpha value is -1.65. The summed E-state index contributed by atoms with van der Waals surface area (Å²) < 4.78 is 0. The SMILES string of the molecule is CCCCCCCC/C=C\CCCCCCCCCCCC(=O)NC(CO)C(O)/C=C/CC/C=C/CC/C=C/CCCCCCCCCCCCCCC. The van der Waals surface area contributed by atoms with Gasteiger partial charge in [0.25, 0.3) is 0 Å². The molecular weight excluding hydrogens is 663 g/mol. The van der Waals surface area contributed by atoms with E-state index in [9.17, 15) is 15.0 Å². The predicted octanol–water partition coefficient (Wildman–Crippen LogP) is 15.1. The highest BCUT2D eigenvalue weighted by Crippen LogP contribution is 2.15. The van der Waals surface area contributed by atoms with E-state index in [0.717, 1.165) is 38.5 Å². The van der Waals surface area contributed by atoms with Crippen LogP contribution in [0.1, 0.15) is 245 Å². The smallest absolute Gasteiger partial charge is 0.220 e. The molecule has 0 radical (unpaired) electrons. The summed E-state index contributed by atoms with van der Waals surface area (Å²) in [6, 6.07) is -0.647. The van der Waals surface area contributed by atoms with Gasteiger partial charge in [0.2, 0.25) is 5.91 Å². The lowest BCUT2D eigenvalue weighted by Gasteiger charge is -2.19. The van der Waals surface area contributed by atoms with Gasteiger partial charge in [-0.2, -0.15) is 0 Å². The number of carbonyl (C=O) groups is 1. The van der Waals surface area contributed by atoms with E-state index >= 15 is 0 Å². The van der Waals surface area contributed by atoms with Crippen LogP contribution in [0.15, 0.2) is 48.6 Å². The van der Waals surface area contributed by atoms with Crippen molar-refractivity contribution in [1.29, 1.82) is 0 Å². The van der Waals surface area contributed by atoms with Gasteiger partial charge in [0.05, 0.1) is 18.8 Å². The number of amides is 1. The Morgan fingerprint density at radius 3 is 1.07 bits per heavy atom. The lowest BCUT2D eigenvalue weighted by Crippen LogP contribution is -2.45. The van der Waals surface area contributed by atoms with Crippen molar-refractivity contribution in [3.8, 4) is 0 Å². The minimum Gasteiger partial charge on any atom is -0.394 e. The third kappa shape index (κ3) is 41.5. The topological polar surface area (TPSA) is 69.6 Å². The summed E-state index contributed by atoms with van der Waals surface area (Å²) in [5.74, 6) is -0.0798. The summed E-state index contributed by atoms with van der Waals surface area (Å²) >= 11 is 0. The Morgan fingerprint density at radius 2 is 0.722 bits per heavy atom. The van der Waals surface area contributed by atoms with Crippen LogP contribution in [0.5, 0.6) is 0 Å². The van der Waals surface area contributed by atoms with E-state index in [2.05, 4.69) is 55.6 Å². The number of nitrogens with one attached hydrogen (secondary N) is 1. The van der Waals surface area contributed by atoms with E-state index in [0.29, 0.717) is 6.42 Å². The molecule has 316 valence electrons. The maximum Gasteiger partial charge on any atom is 0.220 e.